The molecule has 0 aliphatic heterocycles. The van der Waals surface area contributed by atoms with Gasteiger partial charge in [0.05, 0.1) is 12.3 Å². The molecule has 1 heterocycles. The smallest absolute Gasteiger partial charge is 0.354 e. The molecule has 0 aliphatic carbocycles. The Hall–Kier alpha value is -1.82. The lowest BCUT2D eigenvalue weighted by molar-refractivity contribution is 0.0690. The zero-order chi connectivity index (χ0) is 12.8. The van der Waals surface area contributed by atoms with E-state index in [1.54, 1.807) is 13.2 Å². The minimum absolute atomic E-state index is 0.00920. The number of anilines is 2. The first-order valence-electron chi connectivity index (χ1n) is 5.33. The van der Waals surface area contributed by atoms with Crippen molar-refractivity contribution >= 4 is 17.5 Å². The Kier molecular flexibility index (Phi) is 4.71. The van der Waals surface area contributed by atoms with Crippen LogP contribution in [0.15, 0.2) is 12.1 Å². The highest BCUT2D eigenvalue weighted by Gasteiger charge is 2.13. The molecule has 94 valence electrons. The Labute approximate surface area is 100 Å². The van der Waals surface area contributed by atoms with Crippen LogP contribution in [0.4, 0.5) is 11.5 Å². The number of aromatic nitrogens is 1. The van der Waals surface area contributed by atoms with Crippen molar-refractivity contribution in [3.63, 3.8) is 0 Å². The normalized spacial score (nSPS) is 10.2. The van der Waals surface area contributed by atoms with E-state index in [2.05, 4.69) is 4.98 Å². The lowest BCUT2D eigenvalue weighted by Crippen LogP contribution is -2.29. The number of nitrogen functional groups attached to an aromatic ring is 1. The molecule has 0 aromatic carbocycles. The molecule has 0 amide bonds. The summed E-state index contributed by atoms with van der Waals surface area (Å²) in [5.74, 6) is -0.571. The number of hydrogen-bond donors (Lipinski definition) is 2. The van der Waals surface area contributed by atoms with Crippen molar-refractivity contribution in [2.45, 2.75) is 6.92 Å². The fourth-order valence-corrected chi connectivity index (χ4v) is 1.45. The van der Waals surface area contributed by atoms with E-state index in [1.807, 2.05) is 11.8 Å². The molecule has 6 heteroatoms. The van der Waals surface area contributed by atoms with E-state index < -0.39 is 5.97 Å². The van der Waals surface area contributed by atoms with Crippen molar-refractivity contribution in [3.05, 3.63) is 17.8 Å². The Morgan fingerprint density at radius 2 is 2.29 bits per heavy atom. The molecule has 3 N–H and O–H groups in total. The molecule has 1 rings (SSSR count). The second-order valence-electron chi connectivity index (χ2n) is 3.49. The molecule has 0 saturated heterocycles. The van der Waals surface area contributed by atoms with Crippen LogP contribution in [0.25, 0.3) is 0 Å². The standard InChI is InChI=1S/C11H17N3O3/c1-3-14(6-7-17-2)10-8(12)4-5-9(13-10)11(15)16/h4-5H,3,6-7,12H2,1-2H3,(H,15,16). The van der Waals surface area contributed by atoms with Crippen molar-refractivity contribution in [1.29, 1.82) is 0 Å². The zero-order valence-electron chi connectivity index (χ0n) is 10.0. The van der Waals surface area contributed by atoms with E-state index in [-0.39, 0.29) is 5.69 Å². The van der Waals surface area contributed by atoms with E-state index >= 15 is 0 Å². The topological polar surface area (TPSA) is 88.7 Å². The zero-order valence-corrected chi connectivity index (χ0v) is 10.0. The summed E-state index contributed by atoms with van der Waals surface area (Å²) in [6.45, 7) is 3.79. The van der Waals surface area contributed by atoms with Crippen molar-refractivity contribution < 1.29 is 14.6 Å². The third-order valence-electron chi connectivity index (χ3n) is 2.37. The third-order valence-corrected chi connectivity index (χ3v) is 2.37. The number of pyridine rings is 1. The average Bonchev–Trinajstić information content (AvgIpc) is 2.31. The van der Waals surface area contributed by atoms with Crippen LogP contribution in [0.2, 0.25) is 0 Å². The van der Waals surface area contributed by atoms with Gasteiger partial charge in [0, 0.05) is 20.2 Å². The summed E-state index contributed by atoms with van der Waals surface area (Å²) in [6.07, 6.45) is 0. The maximum atomic E-state index is 10.8. The van der Waals surface area contributed by atoms with Crippen molar-refractivity contribution in [1.82, 2.24) is 4.98 Å². The Balaban J connectivity index is 3.00. The third kappa shape index (κ3) is 3.32. The summed E-state index contributed by atoms with van der Waals surface area (Å²) in [5, 5.41) is 8.88. The van der Waals surface area contributed by atoms with Gasteiger partial charge in [-0.2, -0.15) is 0 Å². The lowest BCUT2D eigenvalue weighted by atomic mass is 10.3. The highest BCUT2D eigenvalue weighted by molar-refractivity contribution is 5.86. The quantitative estimate of drug-likeness (QED) is 0.764. The van der Waals surface area contributed by atoms with Gasteiger partial charge in [-0.3, -0.25) is 0 Å². The van der Waals surface area contributed by atoms with Crippen molar-refractivity contribution in [2.75, 3.05) is 37.4 Å². The molecular weight excluding hydrogens is 222 g/mol. The molecule has 6 nitrogen and oxygen atoms in total. The number of carboxylic acids is 1. The van der Waals surface area contributed by atoms with Gasteiger partial charge in [0.1, 0.15) is 0 Å². The number of ether oxygens (including phenoxy) is 1. The first kappa shape index (κ1) is 13.2. The molecule has 0 fully saturated rings. The van der Waals surface area contributed by atoms with Crippen LogP contribution >= 0.6 is 0 Å². The number of carboxylic acid groups (broad SMARTS) is 1. The van der Waals surface area contributed by atoms with Gasteiger partial charge in [-0.15, -0.1) is 0 Å². The minimum atomic E-state index is -1.06. The van der Waals surface area contributed by atoms with Gasteiger partial charge in [0.2, 0.25) is 0 Å². The van der Waals surface area contributed by atoms with Crippen LogP contribution in [-0.4, -0.2) is 42.9 Å². The molecule has 0 aliphatic rings. The highest BCUT2D eigenvalue weighted by atomic mass is 16.5. The first-order chi connectivity index (χ1) is 8.10. The predicted octanol–water partition coefficient (Wildman–Crippen LogP) is 0.835. The van der Waals surface area contributed by atoms with Gasteiger partial charge in [0.25, 0.3) is 0 Å². The number of aromatic carboxylic acids is 1. The number of nitrogens with two attached hydrogens (primary N) is 1. The molecular formula is C11H17N3O3. The van der Waals surface area contributed by atoms with E-state index in [1.165, 1.54) is 6.07 Å². The van der Waals surface area contributed by atoms with Crippen LogP contribution in [-0.2, 0) is 4.74 Å². The summed E-state index contributed by atoms with van der Waals surface area (Å²) in [7, 11) is 1.61. The number of nitrogens with zero attached hydrogens (tertiary/aromatic N) is 2. The lowest BCUT2D eigenvalue weighted by Gasteiger charge is -2.23. The van der Waals surface area contributed by atoms with Crippen LogP contribution in [0, 0.1) is 0 Å². The number of hydrogen-bond acceptors (Lipinski definition) is 5. The van der Waals surface area contributed by atoms with Crippen molar-refractivity contribution in [2.24, 2.45) is 0 Å². The van der Waals surface area contributed by atoms with E-state index in [0.29, 0.717) is 31.2 Å². The largest absolute Gasteiger partial charge is 0.477 e. The molecule has 0 spiro atoms. The SMILES string of the molecule is CCN(CCOC)c1nc(C(=O)O)ccc1N. The van der Waals surface area contributed by atoms with Crippen molar-refractivity contribution in [3.8, 4) is 0 Å². The number of methoxy groups -OCH3 is 1. The molecule has 0 unspecified atom stereocenters. The monoisotopic (exact) mass is 239 g/mol. The summed E-state index contributed by atoms with van der Waals surface area (Å²) in [4.78, 5) is 16.8. The van der Waals surface area contributed by atoms with Gasteiger partial charge in [-0.25, -0.2) is 9.78 Å². The van der Waals surface area contributed by atoms with E-state index in [0.717, 1.165) is 0 Å². The second-order valence-corrected chi connectivity index (χ2v) is 3.49. The highest BCUT2D eigenvalue weighted by Crippen LogP contribution is 2.20. The summed E-state index contributed by atoms with van der Waals surface area (Å²) < 4.78 is 4.99. The van der Waals surface area contributed by atoms with Crippen LogP contribution in [0.3, 0.4) is 0 Å². The molecule has 0 bridgehead atoms. The fraction of sp³-hybridized carbons (Fsp3) is 0.455. The first-order valence-corrected chi connectivity index (χ1v) is 5.33. The second kappa shape index (κ2) is 6.05. The fourth-order valence-electron chi connectivity index (χ4n) is 1.45. The van der Waals surface area contributed by atoms with E-state index in [9.17, 15) is 4.79 Å². The van der Waals surface area contributed by atoms with Crippen LogP contribution in [0.5, 0.6) is 0 Å². The summed E-state index contributed by atoms with van der Waals surface area (Å²) >= 11 is 0. The molecule has 0 saturated carbocycles. The minimum Gasteiger partial charge on any atom is -0.477 e. The predicted molar refractivity (Wildman–Crippen MR) is 65.4 cm³/mol. The molecule has 1 aromatic heterocycles. The van der Waals surface area contributed by atoms with Gasteiger partial charge in [-0.05, 0) is 19.1 Å². The molecule has 0 atom stereocenters. The summed E-state index contributed by atoms with van der Waals surface area (Å²) in [5.41, 5.74) is 6.26. The van der Waals surface area contributed by atoms with Gasteiger partial charge in [-0.1, -0.05) is 0 Å². The Morgan fingerprint density at radius 1 is 1.59 bits per heavy atom. The Morgan fingerprint density at radius 3 is 2.82 bits per heavy atom. The molecule has 1 aromatic rings. The number of rotatable bonds is 6. The van der Waals surface area contributed by atoms with E-state index in [4.69, 9.17) is 15.6 Å². The van der Waals surface area contributed by atoms with Gasteiger partial charge in [0.15, 0.2) is 11.5 Å². The van der Waals surface area contributed by atoms with Gasteiger partial charge >= 0.3 is 5.97 Å². The summed E-state index contributed by atoms with van der Waals surface area (Å²) in [6, 6.07) is 2.95. The average molecular weight is 239 g/mol. The van der Waals surface area contributed by atoms with Gasteiger partial charge < -0.3 is 20.5 Å². The Bertz CT molecular complexity index is 396. The molecule has 17 heavy (non-hydrogen) atoms. The van der Waals surface area contributed by atoms with Crippen LogP contribution < -0.4 is 10.6 Å². The number of carbonyl (C=O) groups is 1. The maximum Gasteiger partial charge on any atom is 0.354 e. The maximum absolute atomic E-state index is 10.8. The van der Waals surface area contributed by atoms with Crippen LogP contribution in [0.1, 0.15) is 17.4 Å². The molecule has 0 radical (unpaired) electrons. The number of likely N-dealkylation sites (N-methyl/N-ethyl adjacent to an activating group) is 1.